The molecule has 0 saturated carbocycles. The zero-order valence-electron chi connectivity index (χ0n) is 12.7. The zero-order valence-corrected chi connectivity index (χ0v) is 13.5. The topological polar surface area (TPSA) is 70.6 Å². The largest absolute Gasteiger partial charge is 0.357 e. The van der Waals surface area contributed by atoms with Crippen LogP contribution >= 0.6 is 0 Å². The molecule has 122 valence electrons. The van der Waals surface area contributed by atoms with Crippen molar-refractivity contribution in [3.8, 4) is 0 Å². The number of benzene rings is 1. The molecule has 5 nitrogen and oxygen atoms in total. The molecule has 0 aliphatic carbocycles. The summed E-state index contributed by atoms with van der Waals surface area (Å²) in [6, 6.07) is 6.22. The normalized spacial score (nSPS) is 20.8. The summed E-state index contributed by atoms with van der Waals surface area (Å²) in [7, 11) is -2.85. The van der Waals surface area contributed by atoms with E-state index < -0.39 is 9.84 Å². The van der Waals surface area contributed by atoms with E-state index >= 15 is 0 Å². The number of hydrogen-bond donors (Lipinski definition) is 2. The Kier molecular flexibility index (Phi) is 5.76. The third-order valence-electron chi connectivity index (χ3n) is 3.56. The highest BCUT2D eigenvalue weighted by Crippen LogP contribution is 2.17. The molecule has 1 aromatic carbocycles. The molecule has 1 aliphatic rings. The van der Waals surface area contributed by atoms with Gasteiger partial charge >= 0.3 is 0 Å². The Balaban J connectivity index is 1.88. The highest BCUT2D eigenvalue weighted by molar-refractivity contribution is 7.91. The number of aliphatic imine (C=N–C) groups is 1. The second-order valence-corrected chi connectivity index (χ2v) is 7.70. The van der Waals surface area contributed by atoms with Crippen LogP contribution in [-0.4, -0.2) is 39.0 Å². The summed E-state index contributed by atoms with van der Waals surface area (Å²) < 4.78 is 35.7. The second kappa shape index (κ2) is 7.58. The number of guanidine groups is 1. The first-order valence-corrected chi connectivity index (χ1v) is 9.27. The molecule has 1 unspecified atom stereocenters. The molecule has 1 aliphatic heterocycles. The lowest BCUT2D eigenvalue weighted by Gasteiger charge is -2.14. The van der Waals surface area contributed by atoms with Gasteiger partial charge in [-0.1, -0.05) is 12.1 Å². The summed E-state index contributed by atoms with van der Waals surface area (Å²) in [5.74, 6) is 1.05. The fraction of sp³-hybridized carbons (Fsp3) is 0.533. The van der Waals surface area contributed by atoms with Crippen LogP contribution in [0.3, 0.4) is 0 Å². The lowest BCUT2D eigenvalue weighted by molar-refractivity contribution is 0.567. The van der Waals surface area contributed by atoms with Gasteiger partial charge in [-0.2, -0.15) is 0 Å². The Hall–Kier alpha value is -1.63. The molecule has 0 amide bonds. The molecule has 1 heterocycles. The van der Waals surface area contributed by atoms with Crippen LogP contribution in [0.2, 0.25) is 0 Å². The Morgan fingerprint density at radius 3 is 2.64 bits per heavy atom. The second-order valence-electron chi connectivity index (χ2n) is 5.47. The molecule has 1 aromatic rings. The minimum absolute atomic E-state index is 0.139. The average Bonchev–Trinajstić information content (AvgIpc) is 2.83. The molecule has 1 saturated heterocycles. The third kappa shape index (κ3) is 5.29. The predicted molar refractivity (Wildman–Crippen MR) is 86.0 cm³/mol. The van der Waals surface area contributed by atoms with Crippen LogP contribution in [0.25, 0.3) is 0 Å². The average molecular weight is 327 g/mol. The first-order valence-electron chi connectivity index (χ1n) is 7.45. The van der Waals surface area contributed by atoms with Crippen LogP contribution in [0.15, 0.2) is 29.3 Å². The lowest BCUT2D eigenvalue weighted by atomic mass is 10.1. The maximum absolute atomic E-state index is 12.9. The van der Waals surface area contributed by atoms with Crippen molar-refractivity contribution in [2.24, 2.45) is 10.9 Å². The molecule has 7 heteroatoms. The van der Waals surface area contributed by atoms with Crippen molar-refractivity contribution in [2.75, 3.05) is 24.6 Å². The van der Waals surface area contributed by atoms with Gasteiger partial charge in [-0.15, -0.1) is 0 Å². The third-order valence-corrected chi connectivity index (χ3v) is 5.40. The molecule has 0 spiro atoms. The molecule has 22 heavy (non-hydrogen) atoms. The number of sulfone groups is 1. The SMILES string of the molecule is CCNC(=NCc1ccc(F)cc1)NCC1CCS(=O)(=O)C1. The van der Waals surface area contributed by atoms with Crippen LogP contribution in [0, 0.1) is 11.7 Å². The Morgan fingerprint density at radius 1 is 1.32 bits per heavy atom. The molecular weight excluding hydrogens is 305 g/mol. The molecule has 1 atom stereocenters. The first kappa shape index (κ1) is 16.7. The lowest BCUT2D eigenvalue weighted by Crippen LogP contribution is -2.40. The van der Waals surface area contributed by atoms with E-state index in [2.05, 4.69) is 15.6 Å². The molecule has 2 rings (SSSR count). The fourth-order valence-corrected chi connectivity index (χ4v) is 4.24. The van der Waals surface area contributed by atoms with Gasteiger partial charge < -0.3 is 10.6 Å². The zero-order chi connectivity index (χ0) is 16.0. The van der Waals surface area contributed by atoms with Crippen LogP contribution < -0.4 is 10.6 Å². The van der Waals surface area contributed by atoms with Gasteiger partial charge in [0, 0.05) is 13.1 Å². The van der Waals surface area contributed by atoms with Crippen LogP contribution in [0.4, 0.5) is 4.39 Å². The summed E-state index contributed by atoms with van der Waals surface area (Å²) in [6.45, 7) is 3.72. The minimum atomic E-state index is -2.85. The van der Waals surface area contributed by atoms with E-state index in [-0.39, 0.29) is 23.2 Å². The number of hydrogen-bond acceptors (Lipinski definition) is 3. The molecule has 1 fully saturated rings. The standard InChI is InChI=1S/C15H22FN3O2S/c1-2-17-15(18-9-12-3-5-14(16)6-4-12)19-10-13-7-8-22(20,21)11-13/h3-6,13H,2,7-11H2,1H3,(H2,17,18,19). The van der Waals surface area contributed by atoms with Gasteiger partial charge in [-0.3, -0.25) is 0 Å². The Morgan fingerprint density at radius 2 is 2.05 bits per heavy atom. The van der Waals surface area contributed by atoms with Crippen LogP contribution in [0.5, 0.6) is 0 Å². The van der Waals surface area contributed by atoms with Crippen molar-refractivity contribution in [3.63, 3.8) is 0 Å². The van der Waals surface area contributed by atoms with E-state index in [1.54, 1.807) is 12.1 Å². The molecule has 0 radical (unpaired) electrons. The van der Waals surface area contributed by atoms with E-state index in [4.69, 9.17) is 0 Å². The molecular formula is C15H22FN3O2S. The quantitative estimate of drug-likeness (QED) is 0.632. The number of halogens is 1. The Bertz CT molecular complexity index is 614. The predicted octanol–water partition coefficient (Wildman–Crippen LogP) is 1.32. The van der Waals surface area contributed by atoms with Crippen molar-refractivity contribution in [1.82, 2.24) is 10.6 Å². The maximum Gasteiger partial charge on any atom is 0.191 e. The van der Waals surface area contributed by atoms with Crippen molar-refractivity contribution in [3.05, 3.63) is 35.6 Å². The summed E-state index contributed by atoms with van der Waals surface area (Å²) in [4.78, 5) is 4.43. The molecule has 2 N–H and O–H groups in total. The molecule has 0 aromatic heterocycles. The highest BCUT2D eigenvalue weighted by Gasteiger charge is 2.27. The van der Waals surface area contributed by atoms with Gasteiger partial charge in [0.05, 0.1) is 18.1 Å². The highest BCUT2D eigenvalue weighted by atomic mass is 32.2. The summed E-state index contributed by atoms with van der Waals surface area (Å²) in [5, 5.41) is 6.31. The van der Waals surface area contributed by atoms with Gasteiger partial charge in [0.1, 0.15) is 5.82 Å². The summed E-state index contributed by atoms with van der Waals surface area (Å²) >= 11 is 0. The van der Waals surface area contributed by atoms with Crippen LogP contribution in [-0.2, 0) is 16.4 Å². The maximum atomic E-state index is 12.9. The first-order chi connectivity index (χ1) is 10.5. The molecule has 0 bridgehead atoms. The van der Waals surface area contributed by atoms with E-state index in [0.717, 1.165) is 12.1 Å². The van der Waals surface area contributed by atoms with Crippen LogP contribution in [0.1, 0.15) is 18.9 Å². The van der Waals surface area contributed by atoms with Gasteiger partial charge in [0.25, 0.3) is 0 Å². The monoisotopic (exact) mass is 327 g/mol. The van der Waals surface area contributed by atoms with Gasteiger partial charge in [0.15, 0.2) is 15.8 Å². The van der Waals surface area contributed by atoms with Crippen molar-refractivity contribution in [1.29, 1.82) is 0 Å². The van der Waals surface area contributed by atoms with E-state index in [9.17, 15) is 12.8 Å². The van der Waals surface area contributed by atoms with E-state index in [1.165, 1.54) is 12.1 Å². The minimum Gasteiger partial charge on any atom is -0.357 e. The smallest absolute Gasteiger partial charge is 0.191 e. The number of nitrogens with one attached hydrogen (secondary N) is 2. The summed E-state index contributed by atoms with van der Waals surface area (Å²) in [5.41, 5.74) is 0.919. The summed E-state index contributed by atoms with van der Waals surface area (Å²) in [6.07, 6.45) is 0.701. The van der Waals surface area contributed by atoms with E-state index in [1.807, 2.05) is 6.92 Å². The number of rotatable bonds is 5. The van der Waals surface area contributed by atoms with Crippen molar-refractivity contribution in [2.45, 2.75) is 19.9 Å². The van der Waals surface area contributed by atoms with E-state index in [0.29, 0.717) is 25.5 Å². The number of nitrogens with zero attached hydrogens (tertiary/aromatic N) is 1. The Labute approximate surface area is 130 Å². The van der Waals surface area contributed by atoms with Crippen molar-refractivity contribution >= 4 is 15.8 Å². The van der Waals surface area contributed by atoms with Gasteiger partial charge in [-0.25, -0.2) is 17.8 Å². The van der Waals surface area contributed by atoms with Crippen molar-refractivity contribution < 1.29 is 12.8 Å². The fourth-order valence-electron chi connectivity index (χ4n) is 2.38. The van der Waals surface area contributed by atoms with Gasteiger partial charge in [-0.05, 0) is 37.0 Å². The van der Waals surface area contributed by atoms with Gasteiger partial charge in [0.2, 0.25) is 0 Å².